The van der Waals surface area contributed by atoms with Crippen LogP contribution in [0.15, 0.2) is 48.8 Å². The minimum absolute atomic E-state index is 0.0480. The van der Waals surface area contributed by atoms with E-state index >= 15 is 0 Å². The highest BCUT2D eigenvalue weighted by molar-refractivity contribution is 5.89. The van der Waals surface area contributed by atoms with Crippen molar-refractivity contribution in [2.75, 3.05) is 26.3 Å². The Balaban J connectivity index is 1.86. The molecule has 1 amide bonds. The largest absolute Gasteiger partial charge is 0.378 e. The van der Waals surface area contributed by atoms with Crippen molar-refractivity contribution < 1.29 is 13.9 Å². The minimum atomic E-state index is -0.632. The number of pyridine rings is 1. The average molecular weight is 353 g/mol. The van der Waals surface area contributed by atoms with E-state index in [1.54, 1.807) is 29.4 Å². The molecule has 0 spiro atoms. The molecule has 0 N–H and O–H groups in total. The fourth-order valence-corrected chi connectivity index (χ4v) is 3.52. The summed E-state index contributed by atoms with van der Waals surface area (Å²) in [5.41, 5.74) is 2.29. The van der Waals surface area contributed by atoms with Gasteiger partial charge in [0.05, 0.1) is 24.4 Å². The molecule has 3 heterocycles. The Labute approximate surface area is 151 Å². The minimum Gasteiger partial charge on any atom is -0.378 e. The van der Waals surface area contributed by atoms with Crippen molar-refractivity contribution >= 4 is 16.8 Å². The number of aromatic nitrogens is 2. The number of aryl methyl sites for hydroxylation is 1. The molecule has 2 aromatic heterocycles. The van der Waals surface area contributed by atoms with Crippen LogP contribution in [0.5, 0.6) is 0 Å². The second-order valence-corrected chi connectivity index (χ2v) is 6.44. The quantitative estimate of drug-likeness (QED) is 0.727. The van der Waals surface area contributed by atoms with Gasteiger partial charge in [-0.05, 0) is 36.8 Å². The van der Waals surface area contributed by atoms with E-state index in [0.29, 0.717) is 37.4 Å². The van der Waals surface area contributed by atoms with Gasteiger partial charge in [0.25, 0.3) is 5.91 Å². The number of hydrogen-bond acceptors (Lipinski definition) is 3. The van der Waals surface area contributed by atoms with Gasteiger partial charge >= 0.3 is 0 Å². The molecular weight excluding hydrogens is 333 g/mol. The van der Waals surface area contributed by atoms with Crippen molar-refractivity contribution in [1.82, 2.24) is 14.5 Å². The van der Waals surface area contributed by atoms with Crippen LogP contribution >= 0.6 is 0 Å². The lowest BCUT2D eigenvalue weighted by Crippen LogP contribution is -2.44. The first kappa shape index (κ1) is 16.7. The molecule has 1 atom stereocenters. The van der Waals surface area contributed by atoms with Gasteiger partial charge in [0.1, 0.15) is 5.82 Å². The summed E-state index contributed by atoms with van der Waals surface area (Å²) >= 11 is 0. The van der Waals surface area contributed by atoms with Gasteiger partial charge < -0.3 is 14.2 Å². The molecule has 26 heavy (non-hydrogen) atoms. The number of ether oxygens (including phenoxy) is 1. The molecule has 1 aliphatic rings. The SMILES string of the molecule is Cc1ccc(F)c2ccn(C(C(=O)N3CCOCC3)c3ccccn3)c12. The monoisotopic (exact) mass is 353 g/mol. The number of hydrogen-bond donors (Lipinski definition) is 0. The summed E-state index contributed by atoms with van der Waals surface area (Å²) in [7, 11) is 0. The third-order valence-electron chi connectivity index (χ3n) is 4.83. The van der Waals surface area contributed by atoms with Gasteiger partial charge in [-0.1, -0.05) is 12.1 Å². The summed E-state index contributed by atoms with van der Waals surface area (Å²) in [6, 6.07) is 9.81. The van der Waals surface area contributed by atoms with Crippen LogP contribution < -0.4 is 0 Å². The lowest BCUT2D eigenvalue weighted by Gasteiger charge is -2.31. The zero-order chi connectivity index (χ0) is 18.1. The summed E-state index contributed by atoms with van der Waals surface area (Å²) < 4.78 is 21.5. The number of morpholine rings is 1. The predicted molar refractivity (Wildman–Crippen MR) is 96.4 cm³/mol. The van der Waals surface area contributed by atoms with Gasteiger partial charge in [-0.15, -0.1) is 0 Å². The van der Waals surface area contributed by atoms with Crippen molar-refractivity contribution in [3.05, 3.63) is 65.9 Å². The van der Waals surface area contributed by atoms with E-state index in [-0.39, 0.29) is 11.7 Å². The summed E-state index contributed by atoms with van der Waals surface area (Å²) in [5.74, 6) is -0.337. The van der Waals surface area contributed by atoms with Crippen LogP contribution in [0.1, 0.15) is 17.3 Å². The molecule has 5 nitrogen and oxygen atoms in total. The molecule has 0 aliphatic carbocycles. The highest BCUT2D eigenvalue weighted by Crippen LogP contribution is 2.29. The summed E-state index contributed by atoms with van der Waals surface area (Å²) in [6.07, 6.45) is 3.45. The molecule has 0 bridgehead atoms. The zero-order valence-corrected chi connectivity index (χ0v) is 14.6. The number of fused-ring (bicyclic) bond motifs is 1. The lowest BCUT2D eigenvalue weighted by molar-refractivity contribution is -0.137. The number of carbonyl (C=O) groups is 1. The van der Waals surface area contributed by atoms with Gasteiger partial charge in [-0.3, -0.25) is 9.78 Å². The Bertz CT molecular complexity index is 933. The van der Waals surface area contributed by atoms with Crippen LogP contribution in [-0.2, 0) is 9.53 Å². The van der Waals surface area contributed by atoms with Gasteiger partial charge in [0.2, 0.25) is 0 Å². The second-order valence-electron chi connectivity index (χ2n) is 6.44. The normalized spacial score (nSPS) is 16.0. The average Bonchev–Trinajstić information content (AvgIpc) is 3.12. The molecular formula is C20H20FN3O2. The lowest BCUT2D eigenvalue weighted by atomic mass is 10.1. The van der Waals surface area contributed by atoms with E-state index in [2.05, 4.69) is 4.98 Å². The molecule has 6 heteroatoms. The zero-order valence-electron chi connectivity index (χ0n) is 14.6. The van der Waals surface area contributed by atoms with Crippen LogP contribution in [0.3, 0.4) is 0 Å². The highest BCUT2D eigenvalue weighted by atomic mass is 19.1. The molecule has 1 saturated heterocycles. The maximum Gasteiger partial charge on any atom is 0.252 e. The highest BCUT2D eigenvalue weighted by Gasteiger charge is 2.30. The smallest absolute Gasteiger partial charge is 0.252 e. The molecule has 1 unspecified atom stereocenters. The maximum absolute atomic E-state index is 14.3. The van der Waals surface area contributed by atoms with E-state index in [4.69, 9.17) is 4.74 Å². The van der Waals surface area contributed by atoms with E-state index in [0.717, 1.165) is 11.1 Å². The third-order valence-corrected chi connectivity index (χ3v) is 4.83. The summed E-state index contributed by atoms with van der Waals surface area (Å²) in [4.78, 5) is 19.6. The Hall–Kier alpha value is -2.73. The molecule has 1 aromatic carbocycles. The first-order valence-electron chi connectivity index (χ1n) is 8.70. The van der Waals surface area contributed by atoms with E-state index in [1.165, 1.54) is 6.07 Å². The maximum atomic E-state index is 14.3. The number of amides is 1. The summed E-state index contributed by atoms with van der Waals surface area (Å²) in [5, 5.41) is 0.515. The first-order valence-corrected chi connectivity index (χ1v) is 8.70. The predicted octanol–water partition coefficient (Wildman–Crippen LogP) is 2.93. The van der Waals surface area contributed by atoms with Crippen molar-refractivity contribution in [2.24, 2.45) is 0 Å². The number of rotatable bonds is 3. The van der Waals surface area contributed by atoms with Crippen molar-refractivity contribution in [1.29, 1.82) is 0 Å². The van der Waals surface area contributed by atoms with Crippen molar-refractivity contribution in [2.45, 2.75) is 13.0 Å². The van der Waals surface area contributed by atoms with E-state index < -0.39 is 6.04 Å². The van der Waals surface area contributed by atoms with Crippen LogP contribution in [-0.4, -0.2) is 46.7 Å². The Kier molecular flexibility index (Phi) is 4.42. The summed E-state index contributed by atoms with van der Waals surface area (Å²) in [6.45, 7) is 4.08. The van der Waals surface area contributed by atoms with Gasteiger partial charge in [-0.25, -0.2) is 4.39 Å². The number of halogens is 1. The second kappa shape index (κ2) is 6.88. The fourth-order valence-electron chi connectivity index (χ4n) is 3.52. The van der Waals surface area contributed by atoms with Gasteiger partial charge in [0, 0.05) is 30.9 Å². The first-order chi connectivity index (χ1) is 12.7. The molecule has 4 rings (SSSR count). The van der Waals surface area contributed by atoms with Crippen molar-refractivity contribution in [3.8, 4) is 0 Å². The molecule has 1 aliphatic heterocycles. The molecule has 3 aromatic rings. The van der Waals surface area contributed by atoms with Gasteiger partial charge in [-0.2, -0.15) is 0 Å². The molecule has 0 radical (unpaired) electrons. The van der Waals surface area contributed by atoms with Crippen LogP contribution in [0.4, 0.5) is 4.39 Å². The van der Waals surface area contributed by atoms with Crippen molar-refractivity contribution in [3.63, 3.8) is 0 Å². The fraction of sp³-hybridized carbons (Fsp3) is 0.300. The standard InChI is InChI=1S/C20H20FN3O2/c1-14-5-6-16(21)15-7-9-24(18(14)15)19(17-4-2-3-8-22-17)20(25)23-10-12-26-13-11-23/h2-9,19H,10-13H2,1H3. The molecule has 1 fully saturated rings. The van der Waals surface area contributed by atoms with Crippen LogP contribution in [0.2, 0.25) is 0 Å². The number of benzene rings is 1. The number of carbonyl (C=O) groups excluding carboxylic acids is 1. The Morgan fingerprint density at radius 3 is 2.73 bits per heavy atom. The molecule has 134 valence electrons. The number of nitrogens with zero attached hydrogens (tertiary/aromatic N) is 3. The Morgan fingerprint density at radius 1 is 1.19 bits per heavy atom. The van der Waals surface area contributed by atoms with E-state index in [9.17, 15) is 9.18 Å². The van der Waals surface area contributed by atoms with Crippen LogP contribution in [0.25, 0.3) is 10.9 Å². The van der Waals surface area contributed by atoms with Crippen LogP contribution in [0, 0.1) is 12.7 Å². The van der Waals surface area contributed by atoms with Gasteiger partial charge in [0.15, 0.2) is 6.04 Å². The Morgan fingerprint density at radius 2 is 2.00 bits per heavy atom. The topological polar surface area (TPSA) is 47.4 Å². The third kappa shape index (κ3) is 2.86. The molecule has 0 saturated carbocycles. The van der Waals surface area contributed by atoms with E-state index in [1.807, 2.05) is 29.7 Å².